The summed E-state index contributed by atoms with van der Waals surface area (Å²) < 4.78 is 33.1. The lowest BCUT2D eigenvalue weighted by molar-refractivity contribution is 0.102. The number of nitrogens with zero attached hydrogens (tertiary/aromatic N) is 4. The van der Waals surface area contributed by atoms with Crippen LogP contribution in [0.25, 0.3) is 11.5 Å². The molecule has 0 aliphatic carbocycles. The molecule has 1 aliphatic heterocycles. The lowest BCUT2D eigenvalue weighted by Crippen LogP contribution is -2.43. The summed E-state index contributed by atoms with van der Waals surface area (Å²) in [6.07, 6.45) is 6.76. The quantitative estimate of drug-likeness (QED) is 0.623. The Balaban J connectivity index is 1.47. The van der Waals surface area contributed by atoms with Gasteiger partial charge in [-0.05, 0) is 55.7 Å². The molecule has 1 fully saturated rings. The lowest BCUT2D eigenvalue weighted by Gasteiger charge is -2.34. The van der Waals surface area contributed by atoms with Crippen molar-refractivity contribution in [1.82, 2.24) is 19.5 Å². The lowest BCUT2D eigenvalue weighted by atomic mass is 10.0. The Kier molecular flexibility index (Phi) is 6.10. The number of amides is 1. The van der Waals surface area contributed by atoms with Gasteiger partial charge in [0.05, 0.1) is 10.5 Å². The summed E-state index contributed by atoms with van der Waals surface area (Å²) in [5.41, 5.74) is 0.916. The van der Waals surface area contributed by atoms with Gasteiger partial charge in [0, 0.05) is 30.5 Å². The zero-order chi connectivity index (χ0) is 21.8. The Morgan fingerprint density at radius 1 is 1.19 bits per heavy atom. The van der Waals surface area contributed by atoms with Crippen LogP contribution in [0.2, 0.25) is 0 Å². The Labute approximate surface area is 180 Å². The monoisotopic (exact) mass is 441 g/mol. The summed E-state index contributed by atoms with van der Waals surface area (Å²) in [5, 5.41) is 10.2. The zero-order valence-corrected chi connectivity index (χ0v) is 17.9. The van der Waals surface area contributed by atoms with Crippen LogP contribution in [0.4, 0.5) is 6.01 Å². The molecule has 31 heavy (non-hydrogen) atoms. The Morgan fingerprint density at radius 2 is 2.00 bits per heavy atom. The molecule has 1 unspecified atom stereocenters. The minimum atomic E-state index is -3.60. The number of carbonyl (C=O) groups is 1. The van der Waals surface area contributed by atoms with Gasteiger partial charge in [-0.1, -0.05) is 18.4 Å². The molecular formula is C21H23N5O4S. The second kappa shape index (κ2) is 8.94. The third-order valence-corrected chi connectivity index (χ3v) is 7.29. The van der Waals surface area contributed by atoms with Crippen LogP contribution >= 0.6 is 0 Å². The highest BCUT2D eigenvalue weighted by Gasteiger charge is 2.32. The van der Waals surface area contributed by atoms with Gasteiger partial charge in [0.1, 0.15) is 0 Å². The molecule has 0 saturated carbocycles. The fraction of sp³-hybridized carbons (Fsp3) is 0.333. The molecule has 1 amide bonds. The van der Waals surface area contributed by atoms with Crippen molar-refractivity contribution >= 4 is 21.9 Å². The van der Waals surface area contributed by atoms with Crippen molar-refractivity contribution < 1.29 is 17.6 Å². The molecule has 0 bridgehead atoms. The Bertz CT molecular complexity index is 1150. The molecule has 2 aromatic heterocycles. The van der Waals surface area contributed by atoms with Crippen molar-refractivity contribution in [2.45, 2.75) is 43.5 Å². The minimum absolute atomic E-state index is 0.0215. The Hall–Kier alpha value is -3.11. The van der Waals surface area contributed by atoms with Crippen LogP contribution in [-0.2, 0) is 10.0 Å². The number of piperidine rings is 1. The molecular weight excluding hydrogens is 418 g/mol. The number of carbonyl (C=O) groups excluding carboxylic acids is 1. The van der Waals surface area contributed by atoms with Gasteiger partial charge < -0.3 is 4.42 Å². The normalized spacial score (nSPS) is 17.4. The highest BCUT2D eigenvalue weighted by atomic mass is 32.2. The first-order valence-corrected chi connectivity index (χ1v) is 11.6. The van der Waals surface area contributed by atoms with Gasteiger partial charge in [-0.2, -0.15) is 4.31 Å². The van der Waals surface area contributed by atoms with Crippen LogP contribution in [-0.4, -0.2) is 46.4 Å². The van der Waals surface area contributed by atoms with E-state index in [0.29, 0.717) is 12.1 Å². The highest BCUT2D eigenvalue weighted by molar-refractivity contribution is 7.89. The van der Waals surface area contributed by atoms with Crippen LogP contribution < -0.4 is 5.32 Å². The van der Waals surface area contributed by atoms with E-state index in [0.717, 1.165) is 25.7 Å². The predicted molar refractivity (Wildman–Crippen MR) is 114 cm³/mol. The van der Waals surface area contributed by atoms with Crippen molar-refractivity contribution in [3.63, 3.8) is 0 Å². The van der Waals surface area contributed by atoms with E-state index in [1.54, 1.807) is 28.8 Å². The molecule has 1 N–H and O–H groups in total. The number of pyridine rings is 1. The van der Waals surface area contributed by atoms with Gasteiger partial charge in [-0.15, -0.1) is 5.10 Å². The minimum Gasteiger partial charge on any atom is -0.403 e. The first kappa shape index (κ1) is 21.1. The molecule has 1 aromatic carbocycles. The molecule has 1 atom stereocenters. The number of nitrogens with one attached hydrogen (secondary N) is 1. The Morgan fingerprint density at radius 3 is 2.71 bits per heavy atom. The summed E-state index contributed by atoms with van der Waals surface area (Å²) in [6.45, 7) is 2.53. The van der Waals surface area contributed by atoms with Crippen LogP contribution in [0, 0.1) is 0 Å². The molecule has 0 spiro atoms. The van der Waals surface area contributed by atoms with E-state index in [2.05, 4.69) is 20.5 Å². The number of aromatic nitrogens is 3. The van der Waals surface area contributed by atoms with Crippen LogP contribution in [0.15, 0.2) is 58.1 Å². The van der Waals surface area contributed by atoms with E-state index >= 15 is 0 Å². The second-order valence-corrected chi connectivity index (χ2v) is 9.20. The summed E-state index contributed by atoms with van der Waals surface area (Å²) >= 11 is 0. The average molecular weight is 442 g/mol. The van der Waals surface area contributed by atoms with Gasteiger partial charge >= 0.3 is 6.01 Å². The van der Waals surface area contributed by atoms with Gasteiger partial charge in [0.25, 0.3) is 11.8 Å². The SMILES string of the molecule is CCC1CCCCN1S(=O)(=O)c1ccc(C(=O)Nc2nnc(-c3cccnc3)o2)cc1. The second-order valence-electron chi connectivity index (χ2n) is 7.31. The van der Waals surface area contributed by atoms with Crippen molar-refractivity contribution in [3.8, 4) is 11.5 Å². The average Bonchev–Trinajstić information content (AvgIpc) is 3.28. The van der Waals surface area contributed by atoms with Crippen molar-refractivity contribution in [2.24, 2.45) is 0 Å². The van der Waals surface area contributed by atoms with E-state index in [1.807, 2.05) is 6.92 Å². The number of anilines is 1. The van der Waals surface area contributed by atoms with E-state index in [4.69, 9.17) is 4.42 Å². The number of benzene rings is 1. The molecule has 10 heteroatoms. The third kappa shape index (κ3) is 4.49. The topological polar surface area (TPSA) is 118 Å². The summed E-state index contributed by atoms with van der Waals surface area (Å²) in [6, 6.07) is 9.34. The van der Waals surface area contributed by atoms with Crippen molar-refractivity contribution in [3.05, 3.63) is 54.4 Å². The van der Waals surface area contributed by atoms with Gasteiger partial charge in [-0.25, -0.2) is 8.42 Å². The maximum atomic E-state index is 13.1. The summed E-state index contributed by atoms with van der Waals surface area (Å²) in [7, 11) is -3.60. The number of hydrogen-bond acceptors (Lipinski definition) is 7. The molecule has 1 saturated heterocycles. The third-order valence-electron chi connectivity index (χ3n) is 5.32. The molecule has 3 heterocycles. The van der Waals surface area contributed by atoms with E-state index in [-0.39, 0.29) is 28.4 Å². The van der Waals surface area contributed by atoms with Gasteiger partial charge in [-0.3, -0.25) is 15.1 Å². The highest BCUT2D eigenvalue weighted by Crippen LogP contribution is 2.27. The van der Waals surface area contributed by atoms with Crippen LogP contribution in [0.5, 0.6) is 0 Å². The summed E-state index contributed by atoms with van der Waals surface area (Å²) in [4.78, 5) is 16.7. The van der Waals surface area contributed by atoms with Crippen LogP contribution in [0.3, 0.4) is 0 Å². The summed E-state index contributed by atoms with van der Waals surface area (Å²) in [5.74, 6) is -0.244. The van der Waals surface area contributed by atoms with E-state index in [1.165, 1.54) is 24.3 Å². The largest absolute Gasteiger partial charge is 0.403 e. The standard InChI is InChI=1S/C21H23N5O4S/c1-2-17-7-3-4-13-26(17)31(28,29)18-10-8-15(9-11-18)19(27)23-21-25-24-20(30-21)16-6-5-12-22-14-16/h5-6,8-12,14,17H,2-4,7,13H2,1H3,(H,23,25,27). The zero-order valence-electron chi connectivity index (χ0n) is 17.1. The van der Waals surface area contributed by atoms with Gasteiger partial charge in [0.15, 0.2) is 0 Å². The van der Waals surface area contributed by atoms with E-state index in [9.17, 15) is 13.2 Å². The predicted octanol–water partition coefficient (Wildman–Crippen LogP) is 3.34. The molecule has 4 rings (SSSR count). The van der Waals surface area contributed by atoms with Crippen LogP contribution in [0.1, 0.15) is 43.0 Å². The molecule has 162 valence electrons. The maximum absolute atomic E-state index is 13.1. The molecule has 9 nitrogen and oxygen atoms in total. The maximum Gasteiger partial charge on any atom is 0.322 e. The molecule has 1 aliphatic rings. The number of rotatable bonds is 6. The van der Waals surface area contributed by atoms with Crippen molar-refractivity contribution in [1.29, 1.82) is 0 Å². The number of hydrogen-bond donors (Lipinski definition) is 1. The fourth-order valence-electron chi connectivity index (χ4n) is 3.66. The first-order chi connectivity index (χ1) is 15.0. The molecule has 0 radical (unpaired) electrons. The number of sulfonamides is 1. The fourth-order valence-corrected chi connectivity index (χ4v) is 5.43. The first-order valence-electron chi connectivity index (χ1n) is 10.2. The van der Waals surface area contributed by atoms with Gasteiger partial charge in [0.2, 0.25) is 10.0 Å². The molecule has 3 aromatic rings. The smallest absolute Gasteiger partial charge is 0.322 e. The van der Waals surface area contributed by atoms with E-state index < -0.39 is 15.9 Å². The van der Waals surface area contributed by atoms with Crippen molar-refractivity contribution in [2.75, 3.05) is 11.9 Å².